The number of amides is 3. The standard InChI is InChI=1S/C25H20N4O3S/c1-15-10-11-20-22(16(15)2)27-25(33-20)28(13-17-7-5-6-12-26-17)21(30)14-29-23(31)18-8-3-4-9-19(18)24(29)32/h3-12H,13-14H2,1-2H3. The predicted octanol–water partition coefficient (Wildman–Crippen LogP) is 4.14. The van der Waals surface area contributed by atoms with Crippen LogP contribution in [-0.4, -0.2) is 39.1 Å². The van der Waals surface area contributed by atoms with E-state index in [2.05, 4.69) is 4.98 Å². The molecule has 8 heteroatoms. The monoisotopic (exact) mass is 456 g/mol. The molecule has 0 fully saturated rings. The first kappa shape index (κ1) is 21.0. The quantitative estimate of drug-likeness (QED) is 0.422. The number of pyridine rings is 1. The summed E-state index contributed by atoms with van der Waals surface area (Å²) in [5.74, 6) is -1.32. The molecule has 0 spiro atoms. The zero-order chi connectivity index (χ0) is 23.1. The van der Waals surface area contributed by atoms with Gasteiger partial charge in [0, 0.05) is 6.20 Å². The number of thiazole rings is 1. The fraction of sp³-hybridized carbons (Fsp3) is 0.160. The van der Waals surface area contributed by atoms with Crippen LogP contribution < -0.4 is 4.90 Å². The van der Waals surface area contributed by atoms with Crippen LogP contribution in [0.5, 0.6) is 0 Å². The SMILES string of the molecule is Cc1ccc2sc(N(Cc3ccccn3)C(=O)CN3C(=O)c4ccccc4C3=O)nc2c1C. The van der Waals surface area contributed by atoms with Crippen molar-refractivity contribution in [1.82, 2.24) is 14.9 Å². The van der Waals surface area contributed by atoms with E-state index in [1.54, 1.807) is 36.5 Å². The highest BCUT2D eigenvalue weighted by molar-refractivity contribution is 7.22. The molecule has 0 bridgehead atoms. The van der Waals surface area contributed by atoms with Crippen molar-refractivity contribution < 1.29 is 14.4 Å². The first-order chi connectivity index (χ1) is 15.9. The van der Waals surface area contributed by atoms with Crippen LogP contribution in [0.3, 0.4) is 0 Å². The molecule has 0 saturated carbocycles. The second kappa shape index (κ2) is 8.22. The van der Waals surface area contributed by atoms with Gasteiger partial charge in [0.15, 0.2) is 5.13 Å². The van der Waals surface area contributed by atoms with Gasteiger partial charge in [-0.25, -0.2) is 4.98 Å². The van der Waals surface area contributed by atoms with E-state index in [0.717, 1.165) is 26.2 Å². The van der Waals surface area contributed by atoms with E-state index >= 15 is 0 Å². The summed E-state index contributed by atoms with van der Waals surface area (Å²) in [6.45, 7) is 3.84. The molecule has 1 aliphatic rings. The first-order valence-electron chi connectivity index (χ1n) is 10.5. The molecule has 3 amide bonds. The summed E-state index contributed by atoms with van der Waals surface area (Å²) in [5.41, 5.74) is 4.33. The van der Waals surface area contributed by atoms with Gasteiger partial charge in [0.2, 0.25) is 5.91 Å². The average molecular weight is 457 g/mol. The molecule has 0 N–H and O–H groups in total. The Balaban J connectivity index is 1.50. The lowest BCUT2D eigenvalue weighted by Crippen LogP contribution is -2.42. The fourth-order valence-corrected chi connectivity index (χ4v) is 4.89. The van der Waals surface area contributed by atoms with E-state index in [9.17, 15) is 14.4 Å². The number of anilines is 1. The normalized spacial score (nSPS) is 13.0. The summed E-state index contributed by atoms with van der Waals surface area (Å²) >= 11 is 1.40. The Bertz CT molecular complexity index is 1380. The number of hydrogen-bond donors (Lipinski definition) is 0. The van der Waals surface area contributed by atoms with Gasteiger partial charge in [-0.15, -0.1) is 0 Å². The molecule has 0 saturated heterocycles. The fourth-order valence-electron chi connectivity index (χ4n) is 3.85. The van der Waals surface area contributed by atoms with Crippen molar-refractivity contribution in [2.45, 2.75) is 20.4 Å². The van der Waals surface area contributed by atoms with Gasteiger partial charge >= 0.3 is 0 Å². The highest BCUT2D eigenvalue weighted by Gasteiger charge is 2.37. The number of aromatic nitrogens is 2. The van der Waals surface area contributed by atoms with Crippen LogP contribution in [-0.2, 0) is 11.3 Å². The number of benzene rings is 2. The summed E-state index contributed by atoms with van der Waals surface area (Å²) in [6, 6.07) is 16.1. The number of imide groups is 1. The lowest BCUT2D eigenvalue weighted by Gasteiger charge is -2.22. The Morgan fingerprint density at radius 1 is 0.970 bits per heavy atom. The van der Waals surface area contributed by atoms with Gasteiger partial charge in [0.1, 0.15) is 6.54 Å². The van der Waals surface area contributed by atoms with Crippen molar-refractivity contribution in [3.05, 3.63) is 88.7 Å². The number of carbonyl (C=O) groups is 3. The minimum Gasteiger partial charge on any atom is -0.280 e. The maximum atomic E-state index is 13.5. The van der Waals surface area contributed by atoms with Crippen molar-refractivity contribution in [2.75, 3.05) is 11.4 Å². The maximum absolute atomic E-state index is 13.5. The molecular weight excluding hydrogens is 436 g/mol. The second-order valence-corrected chi connectivity index (χ2v) is 8.90. The molecule has 2 aromatic carbocycles. The van der Waals surface area contributed by atoms with Gasteiger partial charge in [-0.1, -0.05) is 35.6 Å². The molecule has 3 heterocycles. The van der Waals surface area contributed by atoms with Crippen molar-refractivity contribution >= 4 is 44.4 Å². The molecule has 2 aromatic heterocycles. The third-order valence-corrected chi connectivity index (χ3v) is 6.87. The first-order valence-corrected chi connectivity index (χ1v) is 11.3. The number of aryl methyl sites for hydroxylation is 2. The molecule has 164 valence electrons. The molecule has 7 nitrogen and oxygen atoms in total. The Morgan fingerprint density at radius 3 is 2.33 bits per heavy atom. The van der Waals surface area contributed by atoms with Crippen molar-refractivity contribution in [2.24, 2.45) is 0 Å². The summed E-state index contributed by atoms with van der Waals surface area (Å²) in [5, 5.41) is 0.506. The Labute approximate surface area is 194 Å². The van der Waals surface area contributed by atoms with Gasteiger partial charge in [0.25, 0.3) is 11.8 Å². The van der Waals surface area contributed by atoms with Crippen LogP contribution in [0.4, 0.5) is 5.13 Å². The zero-order valence-corrected chi connectivity index (χ0v) is 18.9. The molecule has 33 heavy (non-hydrogen) atoms. The van der Waals surface area contributed by atoms with Crippen molar-refractivity contribution in [1.29, 1.82) is 0 Å². The Hall–Kier alpha value is -3.91. The minimum absolute atomic E-state index is 0.181. The van der Waals surface area contributed by atoms with E-state index < -0.39 is 17.7 Å². The van der Waals surface area contributed by atoms with Crippen LogP contribution in [0.1, 0.15) is 37.5 Å². The van der Waals surface area contributed by atoms with Crippen LogP contribution in [0.15, 0.2) is 60.8 Å². The number of carbonyl (C=O) groups excluding carboxylic acids is 3. The second-order valence-electron chi connectivity index (χ2n) is 7.89. The largest absolute Gasteiger partial charge is 0.280 e. The molecule has 1 aliphatic heterocycles. The van der Waals surface area contributed by atoms with E-state index in [1.807, 2.05) is 38.1 Å². The maximum Gasteiger partial charge on any atom is 0.262 e. The lowest BCUT2D eigenvalue weighted by molar-refractivity contribution is -0.119. The van der Waals surface area contributed by atoms with E-state index in [4.69, 9.17) is 4.98 Å². The van der Waals surface area contributed by atoms with Gasteiger partial charge in [-0.2, -0.15) is 0 Å². The summed E-state index contributed by atoms with van der Waals surface area (Å²) in [6.07, 6.45) is 1.66. The summed E-state index contributed by atoms with van der Waals surface area (Å²) < 4.78 is 0.965. The molecule has 0 unspecified atom stereocenters. The number of rotatable bonds is 5. The van der Waals surface area contributed by atoms with Crippen LogP contribution >= 0.6 is 11.3 Å². The Morgan fingerprint density at radius 2 is 1.67 bits per heavy atom. The summed E-state index contributed by atoms with van der Waals surface area (Å²) in [7, 11) is 0. The molecule has 4 aromatic rings. The highest BCUT2D eigenvalue weighted by Crippen LogP contribution is 2.33. The Kier molecular flexibility index (Phi) is 5.22. The van der Waals surface area contributed by atoms with Crippen LogP contribution in [0.2, 0.25) is 0 Å². The number of hydrogen-bond acceptors (Lipinski definition) is 6. The lowest BCUT2D eigenvalue weighted by atomic mass is 10.1. The van der Waals surface area contributed by atoms with Gasteiger partial charge < -0.3 is 0 Å². The molecule has 0 aliphatic carbocycles. The predicted molar refractivity (Wildman–Crippen MR) is 126 cm³/mol. The number of fused-ring (bicyclic) bond motifs is 2. The third kappa shape index (κ3) is 3.68. The van der Waals surface area contributed by atoms with Gasteiger partial charge in [0.05, 0.1) is 33.6 Å². The molecule has 5 rings (SSSR count). The topological polar surface area (TPSA) is 83.5 Å². The van der Waals surface area contributed by atoms with Crippen molar-refractivity contribution in [3.8, 4) is 0 Å². The highest BCUT2D eigenvalue weighted by atomic mass is 32.1. The molecule has 0 radical (unpaired) electrons. The smallest absolute Gasteiger partial charge is 0.262 e. The zero-order valence-electron chi connectivity index (χ0n) is 18.1. The van der Waals surface area contributed by atoms with E-state index in [-0.39, 0.29) is 13.1 Å². The van der Waals surface area contributed by atoms with Crippen LogP contribution in [0, 0.1) is 13.8 Å². The molecule has 0 atom stereocenters. The molecular formula is C25H20N4O3S. The van der Waals surface area contributed by atoms with Gasteiger partial charge in [-0.3, -0.25) is 29.2 Å². The minimum atomic E-state index is -0.461. The van der Waals surface area contributed by atoms with Gasteiger partial charge in [-0.05, 0) is 55.3 Å². The van der Waals surface area contributed by atoms with Crippen LogP contribution in [0.25, 0.3) is 10.2 Å². The summed E-state index contributed by atoms with van der Waals surface area (Å²) in [4.78, 5) is 50.7. The average Bonchev–Trinajstić information content (AvgIpc) is 3.36. The third-order valence-electron chi connectivity index (χ3n) is 5.82. The van der Waals surface area contributed by atoms with Crippen molar-refractivity contribution in [3.63, 3.8) is 0 Å². The number of nitrogens with zero attached hydrogens (tertiary/aromatic N) is 4. The van der Waals surface area contributed by atoms with E-state index in [1.165, 1.54) is 16.2 Å². The van der Waals surface area contributed by atoms with E-state index in [0.29, 0.717) is 22.0 Å².